The van der Waals surface area contributed by atoms with Gasteiger partial charge in [0.1, 0.15) is 0 Å². The van der Waals surface area contributed by atoms with Gasteiger partial charge in [-0.15, -0.1) is 0 Å². The molecule has 0 spiro atoms. The van der Waals surface area contributed by atoms with Crippen molar-refractivity contribution in [2.24, 2.45) is 11.8 Å². The fourth-order valence-corrected chi connectivity index (χ4v) is 3.57. The molecule has 1 saturated heterocycles. The second kappa shape index (κ2) is 6.14. The maximum absolute atomic E-state index is 5.85. The third-order valence-electron chi connectivity index (χ3n) is 4.63. The SMILES string of the molecule is CN1CCCN(C)C(C(NN)C2CCCC2)C1. The van der Waals surface area contributed by atoms with Gasteiger partial charge in [0, 0.05) is 18.6 Å². The van der Waals surface area contributed by atoms with Crippen LogP contribution in [0.1, 0.15) is 32.1 Å². The van der Waals surface area contributed by atoms with Crippen molar-refractivity contribution in [3.8, 4) is 0 Å². The number of hydrogen-bond donors (Lipinski definition) is 2. The average molecular weight is 240 g/mol. The number of nitrogens with two attached hydrogens (primary N) is 1. The Morgan fingerprint density at radius 1 is 1.12 bits per heavy atom. The zero-order valence-corrected chi connectivity index (χ0v) is 11.4. The topological polar surface area (TPSA) is 44.5 Å². The lowest BCUT2D eigenvalue weighted by Gasteiger charge is -2.37. The van der Waals surface area contributed by atoms with E-state index in [2.05, 4.69) is 29.3 Å². The highest BCUT2D eigenvalue weighted by molar-refractivity contribution is 4.92. The second-order valence-electron chi connectivity index (χ2n) is 5.90. The number of hydrazine groups is 1. The van der Waals surface area contributed by atoms with Crippen LogP contribution in [-0.2, 0) is 0 Å². The molecule has 1 heterocycles. The Bertz CT molecular complexity index is 227. The molecule has 2 fully saturated rings. The average Bonchev–Trinajstić information content (AvgIpc) is 2.76. The van der Waals surface area contributed by atoms with Gasteiger partial charge in [0.15, 0.2) is 0 Å². The Labute approximate surface area is 105 Å². The fraction of sp³-hybridized carbons (Fsp3) is 1.00. The number of likely N-dealkylation sites (N-methyl/N-ethyl adjacent to an activating group) is 2. The number of rotatable bonds is 3. The molecule has 0 aromatic rings. The molecule has 100 valence electrons. The summed E-state index contributed by atoms with van der Waals surface area (Å²) in [6.07, 6.45) is 6.74. The van der Waals surface area contributed by atoms with Crippen LogP contribution >= 0.6 is 0 Å². The van der Waals surface area contributed by atoms with Gasteiger partial charge in [-0.3, -0.25) is 11.3 Å². The van der Waals surface area contributed by atoms with Crippen molar-refractivity contribution in [2.75, 3.05) is 33.7 Å². The molecule has 2 unspecified atom stereocenters. The highest BCUT2D eigenvalue weighted by Crippen LogP contribution is 2.30. The van der Waals surface area contributed by atoms with E-state index < -0.39 is 0 Å². The van der Waals surface area contributed by atoms with E-state index in [1.807, 2.05) is 0 Å². The van der Waals surface area contributed by atoms with E-state index in [0.717, 1.165) is 12.5 Å². The highest BCUT2D eigenvalue weighted by Gasteiger charge is 2.34. The van der Waals surface area contributed by atoms with Crippen LogP contribution in [0.5, 0.6) is 0 Å². The van der Waals surface area contributed by atoms with E-state index in [0.29, 0.717) is 12.1 Å². The summed E-state index contributed by atoms with van der Waals surface area (Å²) in [5.41, 5.74) is 3.12. The predicted molar refractivity (Wildman–Crippen MR) is 71.6 cm³/mol. The van der Waals surface area contributed by atoms with Gasteiger partial charge in [-0.25, -0.2) is 0 Å². The standard InChI is InChI=1S/C13H28N4/c1-16-8-5-9-17(2)12(10-16)13(15-14)11-6-3-4-7-11/h11-13,15H,3-10,14H2,1-2H3. The molecule has 1 aliphatic heterocycles. The summed E-state index contributed by atoms with van der Waals surface area (Å²) in [5, 5.41) is 0. The predicted octanol–water partition coefficient (Wildman–Crippen LogP) is 0.644. The van der Waals surface area contributed by atoms with E-state index in [1.54, 1.807) is 0 Å². The van der Waals surface area contributed by atoms with Gasteiger partial charge in [-0.1, -0.05) is 12.8 Å². The molecule has 2 atom stereocenters. The molecule has 4 heteroatoms. The monoisotopic (exact) mass is 240 g/mol. The lowest BCUT2D eigenvalue weighted by Crippen LogP contribution is -2.57. The van der Waals surface area contributed by atoms with Crippen LogP contribution in [0.2, 0.25) is 0 Å². The first-order valence-electron chi connectivity index (χ1n) is 7.07. The van der Waals surface area contributed by atoms with Crippen LogP contribution in [-0.4, -0.2) is 55.6 Å². The van der Waals surface area contributed by atoms with Crippen LogP contribution in [0, 0.1) is 5.92 Å². The fourth-order valence-electron chi connectivity index (χ4n) is 3.57. The molecule has 0 amide bonds. The van der Waals surface area contributed by atoms with Crippen molar-refractivity contribution < 1.29 is 0 Å². The summed E-state index contributed by atoms with van der Waals surface area (Å²) in [6.45, 7) is 3.55. The van der Waals surface area contributed by atoms with E-state index in [9.17, 15) is 0 Å². The van der Waals surface area contributed by atoms with E-state index in [1.165, 1.54) is 45.2 Å². The molecule has 1 saturated carbocycles. The Kier molecular flexibility index (Phi) is 4.79. The summed E-state index contributed by atoms with van der Waals surface area (Å²) in [6, 6.07) is 1.03. The molecule has 1 aliphatic carbocycles. The van der Waals surface area contributed by atoms with E-state index in [-0.39, 0.29) is 0 Å². The van der Waals surface area contributed by atoms with Crippen molar-refractivity contribution in [1.82, 2.24) is 15.2 Å². The minimum atomic E-state index is 0.461. The minimum absolute atomic E-state index is 0.461. The molecule has 0 aromatic heterocycles. The van der Waals surface area contributed by atoms with Crippen molar-refractivity contribution in [3.63, 3.8) is 0 Å². The largest absolute Gasteiger partial charge is 0.305 e. The van der Waals surface area contributed by atoms with Gasteiger partial charge in [0.05, 0.1) is 0 Å². The first kappa shape index (κ1) is 13.3. The van der Waals surface area contributed by atoms with E-state index >= 15 is 0 Å². The van der Waals surface area contributed by atoms with E-state index in [4.69, 9.17) is 5.84 Å². The van der Waals surface area contributed by atoms with Gasteiger partial charge >= 0.3 is 0 Å². The maximum atomic E-state index is 5.85. The van der Waals surface area contributed by atoms with Crippen molar-refractivity contribution >= 4 is 0 Å². The lowest BCUT2D eigenvalue weighted by atomic mass is 9.91. The normalized spacial score (nSPS) is 31.6. The van der Waals surface area contributed by atoms with Gasteiger partial charge in [0.25, 0.3) is 0 Å². The second-order valence-corrected chi connectivity index (χ2v) is 5.90. The van der Waals surface area contributed by atoms with Crippen LogP contribution < -0.4 is 11.3 Å². The van der Waals surface area contributed by atoms with Crippen molar-refractivity contribution in [3.05, 3.63) is 0 Å². The summed E-state index contributed by atoms with van der Waals surface area (Å²) < 4.78 is 0. The summed E-state index contributed by atoms with van der Waals surface area (Å²) in [5.74, 6) is 6.62. The highest BCUT2D eigenvalue weighted by atomic mass is 15.3. The summed E-state index contributed by atoms with van der Waals surface area (Å²) in [7, 11) is 4.48. The Morgan fingerprint density at radius 3 is 2.47 bits per heavy atom. The number of nitrogens with one attached hydrogen (secondary N) is 1. The molecular weight excluding hydrogens is 212 g/mol. The first-order chi connectivity index (χ1) is 8.22. The molecule has 4 nitrogen and oxygen atoms in total. The van der Waals surface area contributed by atoms with Crippen LogP contribution in [0.25, 0.3) is 0 Å². The third kappa shape index (κ3) is 3.19. The number of nitrogens with zero attached hydrogens (tertiary/aromatic N) is 2. The molecule has 0 radical (unpaired) electrons. The zero-order valence-electron chi connectivity index (χ0n) is 11.4. The molecule has 0 aromatic carbocycles. The molecule has 3 N–H and O–H groups in total. The number of hydrogen-bond acceptors (Lipinski definition) is 4. The quantitative estimate of drug-likeness (QED) is 0.561. The molecule has 0 bridgehead atoms. The molecule has 2 rings (SSSR count). The lowest BCUT2D eigenvalue weighted by molar-refractivity contribution is 0.145. The van der Waals surface area contributed by atoms with Gasteiger partial charge in [-0.2, -0.15) is 0 Å². The third-order valence-corrected chi connectivity index (χ3v) is 4.63. The molecule has 2 aliphatic rings. The van der Waals surface area contributed by atoms with Crippen molar-refractivity contribution in [2.45, 2.75) is 44.2 Å². The van der Waals surface area contributed by atoms with Crippen molar-refractivity contribution in [1.29, 1.82) is 0 Å². The van der Waals surface area contributed by atoms with Gasteiger partial charge in [0.2, 0.25) is 0 Å². The van der Waals surface area contributed by atoms with Crippen LogP contribution in [0.3, 0.4) is 0 Å². The maximum Gasteiger partial charge on any atom is 0.0406 e. The first-order valence-corrected chi connectivity index (χ1v) is 7.07. The summed E-state index contributed by atoms with van der Waals surface area (Å²) >= 11 is 0. The molecular formula is C13H28N4. The Balaban J connectivity index is 2.04. The smallest absolute Gasteiger partial charge is 0.0406 e. The minimum Gasteiger partial charge on any atom is -0.305 e. The Hall–Kier alpha value is -0.160. The van der Waals surface area contributed by atoms with Gasteiger partial charge in [-0.05, 0) is 52.4 Å². The molecule has 17 heavy (non-hydrogen) atoms. The Morgan fingerprint density at radius 2 is 1.82 bits per heavy atom. The van der Waals surface area contributed by atoms with Crippen LogP contribution in [0.15, 0.2) is 0 Å². The van der Waals surface area contributed by atoms with Crippen LogP contribution in [0.4, 0.5) is 0 Å². The zero-order chi connectivity index (χ0) is 12.3. The van der Waals surface area contributed by atoms with Gasteiger partial charge < -0.3 is 9.80 Å². The summed E-state index contributed by atoms with van der Waals surface area (Å²) in [4.78, 5) is 4.96.